The van der Waals surface area contributed by atoms with Crippen LogP contribution in [0.4, 0.5) is 5.69 Å². The van der Waals surface area contributed by atoms with Gasteiger partial charge in [-0.1, -0.05) is 0 Å². The van der Waals surface area contributed by atoms with Crippen molar-refractivity contribution in [2.24, 2.45) is 0 Å². The van der Waals surface area contributed by atoms with Crippen molar-refractivity contribution in [3.63, 3.8) is 0 Å². The van der Waals surface area contributed by atoms with Crippen molar-refractivity contribution in [2.45, 2.75) is 25.3 Å². The van der Waals surface area contributed by atoms with Gasteiger partial charge in [0.1, 0.15) is 11.5 Å². The van der Waals surface area contributed by atoms with Crippen LogP contribution < -0.4 is 14.8 Å². The molecule has 1 aliphatic rings. The van der Waals surface area contributed by atoms with Gasteiger partial charge in [0.15, 0.2) is 0 Å². The summed E-state index contributed by atoms with van der Waals surface area (Å²) in [6, 6.07) is 6.51. The third-order valence-electron chi connectivity index (χ3n) is 2.83. The highest BCUT2D eigenvalue weighted by molar-refractivity contribution is 5.54. The average Bonchev–Trinajstić information content (AvgIpc) is 2.23. The summed E-state index contributed by atoms with van der Waals surface area (Å²) in [5.74, 6) is 1.66. The molecule has 0 aromatic heterocycles. The lowest BCUT2D eigenvalue weighted by Crippen LogP contribution is -2.26. The van der Waals surface area contributed by atoms with E-state index < -0.39 is 0 Å². The quantitative estimate of drug-likeness (QED) is 0.823. The van der Waals surface area contributed by atoms with E-state index in [4.69, 9.17) is 9.47 Å². The SMILES string of the molecule is COc1cc(NC2CCC2)cc(OC)c1. The van der Waals surface area contributed by atoms with E-state index in [1.807, 2.05) is 18.2 Å². The molecule has 1 aromatic rings. The highest BCUT2D eigenvalue weighted by atomic mass is 16.5. The summed E-state index contributed by atoms with van der Waals surface area (Å²) in [5, 5.41) is 3.47. The van der Waals surface area contributed by atoms with E-state index in [1.165, 1.54) is 19.3 Å². The van der Waals surface area contributed by atoms with E-state index in [0.717, 1.165) is 17.2 Å². The van der Waals surface area contributed by atoms with E-state index in [0.29, 0.717) is 6.04 Å². The lowest BCUT2D eigenvalue weighted by molar-refractivity contribution is 0.394. The third kappa shape index (κ3) is 2.35. The Bertz CT molecular complexity index is 312. The lowest BCUT2D eigenvalue weighted by atomic mass is 9.93. The Morgan fingerprint density at radius 3 is 2.07 bits per heavy atom. The smallest absolute Gasteiger partial charge is 0.124 e. The van der Waals surface area contributed by atoms with Crippen LogP contribution in [0, 0.1) is 0 Å². The second kappa shape index (κ2) is 4.43. The Morgan fingerprint density at radius 1 is 1.07 bits per heavy atom. The molecule has 0 heterocycles. The van der Waals surface area contributed by atoms with E-state index in [-0.39, 0.29) is 0 Å². The molecule has 1 aromatic carbocycles. The second-order valence-electron chi connectivity index (χ2n) is 3.87. The number of methoxy groups -OCH3 is 2. The molecule has 1 aliphatic carbocycles. The maximum absolute atomic E-state index is 5.21. The van der Waals surface area contributed by atoms with Crippen LogP contribution >= 0.6 is 0 Å². The monoisotopic (exact) mass is 207 g/mol. The fourth-order valence-electron chi connectivity index (χ4n) is 1.68. The number of nitrogens with one attached hydrogen (secondary N) is 1. The number of benzene rings is 1. The fourth-order valence-corrected chi connectivity index (χ4v) is 1.68. The summed E-state index contributed by atoms with van der Waals surface area (Å²) in [5.41, 5.74) is 1.08. The molecule has 1 fully saturated rings. The molecule has 2 rings (SSSR count). The predicted octanol–water partition coefficient (Wildman–Crippen LogP) is 2.67. The van der Waals surface area contributed by atoms with E-state index >= 15 is 0 Å². The van der Waals surface area contributed by atoms with Crippen molar-refractivity contribution in [3.05, 3.63) is 18.2 Å². The minimum atomic E-state index is 0.627. The maximum Gasteiger partial charge on any atom is 0.124 e. The Hall–Kier alpha value is -1.38. The van der Waals surface area contributed by atoms with Crippen LogP contribution in [-0.4, -0.2) is 20.3 Å². The molecule has 82 valence electrons. The van der Waals surface area contributed by atoms with Gasteiger partial charge in [-0.15, -0.1) is 0 Å². The first kappa shape index (κ1) is 10.1. The van der Waals surface area contributed by atoms with Gasteiger partial charge in [0.2, 0.25) is 0 Å². The first-order valence-corrected chi connectivity index (χ1v) is 5.31. The zero-order chi connectivity index (χ0) is 10.7. The van der Waals surface area contributed by atoms with Gasteiger partial charge >= 0.3 is 0 Å². The fraction of sp³-hybridized carbons (Fsp3) is 0.500. The molecule has 0 radical (unpaired) electrons. The molecule has 0 unspecified atom stereocenters. The topological polar surface area (TPSA) is 30.5 Å². The normalized spacial score (nSPS) is 15.6. The number of hydrogen-bond donors (Lipinski definition) is 1. The van der Waals surface area contributed by atoms with Gasteiger partial charge in [0.25, 0.3) is 0 Å². The summed E-state index contributed by atoms with van der Waals surface area (Å²) in [7, 11) is 3.34. The van der Waals surface area contributed by atoms with Crippen molar-refractivity contribution in [1.82, 2.24) is 0 Å². The van der Waals surface area contributed by atoms with Gasteiger partial charge in [-0.25, -0.2) is 0 Å². The molecule has 1 saturated carbocycles. The molecule has 15 heavy (non-hydrogen) atoms. The van der Waals surface area contributed by atoms with Crippen LogP contribution in [0.1, 0.15) is 19.3 Å². The van der Waals surface area contributed by atoms with Crippen LogP contribution in [0.3, 0.4) is 0 Å². The summed E-state index contributed by atoms with van der Waals surface area (Å²) in [6.45, 7) is 0. The standard InChI is InChI=1S/C12H17NO2/c1-14-11-6-10(7-12(8-11)15-2)13-9-4-3-5-9/h6-9,13H,3-5H2,1-2H3. The van der Waals surface area contributed by atoms with Gasteiger partial charge in [-0.2, -0.15) is 0 Å². The maximum atomic E-state index is 5.21. The van der Waals surface area contributed by atoms with Crippen LogP contribution in [0.5, 0.6) is 11.5 Å². The number of hydrogen-bond acceptors (Lipinski definition) is 3. The first-order chi connectivity index (χ1) is 7.31. The molecular formula is C12H17NO2. The minimum absolute atomic E-state index is 0.627. The van der Waals surface area contributed by atoms with Crippen molar-refractivity contribution in [1.29, 1.82) is 0 Å². The third-order valence-corrected chi connectivity index (χ3v) is 2.83. The molecule has 0 aliphatic heterocycles. The zero-order valence-corrected chi connectivity index (χ0v) is 9.25. The molecule has 3 nitrogen and oxygen atoms in total. The Labute approximate surface area is 90.4 Å². The van der Waals surface area contributed by atoms with Gasteiger partial charge < -0.3 is 14.8 Å². The molecule has 0 bridgehead atoms. The summed E-state index contributed by atoms with van der Waals surface area (Å²) < 4.78 is 10.4. The number of anilines is 1. The van der Waals surface area contributed by atoms with Crippen LogP contribution in [0.15, 0.2) is 18.2 Å². The van der Waals surface area contributed by atoms with Crippen molar-refractivity contribution >= 4 is 5.69 Å². The summed E-state index contributed by atoms with van der Waals surface area (Å²) in [4.78, 5) is 0. The van der Waals surface area contributed by atoms with Crippen LogP contribution in [0.25, 0.3) is 0 Å². The minimum Gasteiger partial charge on any atom is -0.497 e. The Morgan fingerprint density at radius 2 is 1.67 bits per heavy atom. The van der Waals surface area contributed by atoms with Crippen molar-refractivity contribution in [3.8, 4) is 11.5 Å². The van der Waals surface area contributed by atoms with Gasteiger partial charge in [0, 0.05) is 29.9 Å². The number of ether oxygens (including phenoxy) is 2. The molecule has 3 heteroatoms. The van der Waals surface area contributed by atoms with Crippen molar-refractivity contribution < 1.29 is 9.47 Å². The van der Waals surface area contributed by atoms with Gasteiger partial charge in [-0.05, 0) is 19.3 Å². The van der Waals surface area contributed by atoms with Gasteiger partial charge in [0.05, 0.1) is 14.2 Å². The van der Waals surface area contributed by atoms with Crippen LogP contribution in [-0.2, 0) is 0 Å². The summed E-state index contributed by atoms with van der Waals surface area (Å²) >= 11 is 0. The van der Waals surface area contributed by atoms with Crippen molar-refractivity contribution in [2.75, 3.05) is 19.5 Å². The first-order valence-electron chi connectivity index (χ1n) is 5.31. The zero-order valence-electron chi connectivity index (χ0n) is 9.25. The molecule has 0 atom stereocenters. The molecule has 0 saturated heterocycles. The molecule has 1 N–H and O–H groups in total. The molecule has 0 spiro atoms. The van der Waals surface area contributed by atoms with E-state index in [1.54, 1.807) is 14.2 Å². The number of rotatable bonds is 4. The summed E-state index contributed by atoms with van der Waals surface area (Å²) in [6.07, 6.45) is 3.86. The Balaban J connectivity index is 2.13. The van der Waals surface area contributed by atoms with Crippen LogP contribution in [0.2, 0.25) is 0 Å². The predicted molar refractivity (Wildman–Crippen MR) is 60.8 cm³/mol. The second-order valence-corrected chi connectivity index (χ2v) is 3.87. The average molecular weight is 207 g/mol. The van der Waals surface area contributed by atoms with E-state index in [9.17, 15) is 0 Å². The van der Waals surface area contributed by atoms with E-state index in [2.05, 4.69) is 5.32 Å². The highest BCUT2D eigenvalue weighted by Gasteiger charge is 2.17. The van der Waals surface area contributed by atoms with Gasteiger partial charge in [-0.3, -0.25) is 0 Å². The molecular weight excluding hydrogens is 190 g/mol. The molecule has 0 amide bonds. The largest absolute Gasteiger partial charge is 0.497 e. The Kier molecular flexibility index (Phi) is 2.99. The lowest BCUT2D eigenvalue weighted by Gasteiger charge is -2.27. The highest BCUT2D eigenvalue weighted by Crippen LogP contribution is 2.29.